The first kappa shape index (κ1) is 21.0. The van der Waals surface area contributed by atoms with Crippen LogP contribution in [-0.4, -0.2) is 23.9 Å². The van der Waals surface area contributed by atoms with Crippen molar-refractivity contribution in [2.75, 3.05) is 0 Å². The summed E-state index contributed by atoms with van der Waals surface area (Å²) in [6.45, 7) is 6.87. The van der Waals surface area contributed by atoms with Gasteiger partial charge < -0.3 is 4.74 Å². The Labute approximate surface area is 126 Å². The van der Waals surface area contributed by atoms with Crippen LogP contribution >= 0.6 is 0 Å². The first-order chi connectivity index (χ1) is 9.40. The Morgan fingerprint density at radius 1 is 0.864 bits per heavy atom. The SMILES string of the molecule is CCC(C)(C)C(=O)OC(C)(C)CC(C)(C(F)(F)F)C(F)(F)F. The minimum atomic E-state index is -5.50. The Morgan fingerprint density at radius 3 is 1.50 bits per heavy atom. The van der Waals surface area contributed by atoms with Crippen molar-refractivity contribution in [2.24, 2.45) is 10.8 Å². The van der Waals surface area contributed by atoms with E-state index in [4.69, 9.17) is 4.74 Å². The Balaban J connectivity index is 5.44. The van der Waals surface area contributed by atoms with Crippen molar-refractivity contribution in [2.45, 2.75) is 72.3 Å². The van der Waals surface area contributed by atoms with Crippen molar-refractivity contribution >= 4 is 5.97 Å². The van der Waals surface area contributed by atoms with Gasteiger partial charge in [0.25, 0.3) is 0 Å². The summed E-state index contributed by atoms with van der Waals surface area (Å²) in [5.74, 6) is -0.827. The molecule has 22 heavy (non-hydrogen) atoms. The van der Waals surface area contributed by atoms with Crippen molar-refractivity contribution < 1.29 is 35.9 Å². The molecule has 132 valence electrons. The fourth-order valence-electron chi connectivity index (χ4n) is 1.78. The fourth-order valence-corrected chi connectivity index (χ4v) is 1.78. The number of esters is 1. The Morgan fingerprint density at radius 2 is 1.23 bits per heavy atom. The second-order valence-corrected chi connectivity index (χ2v) is 6.89. The van der Waals surface area contributed by atoms with E-state index in [2.05, 4.69) is 0 Å². The number of hydrogen-bond acceptors (Lipinski definition) is 2. The van der Waals surface area contributed by atoms with Crippen molar-refractivity contribution in [1.82, 2.24) is 0 Å². The molecule has 0 aromatic heterocycles. The average molecular weight is 336 g/mol. The predicted octanol–water partition coefficient (Wildman–Crippen LogP) is 5.27. The summed E-state index contributed by atoms with van der Waals surface area (Å²) in [6.07, 6.45) is -12.1. The van der Waals surface area contributed by atoms with Gasteiger partial charge >= 0.3 is 18.3 Å². The molecule has 2 nitrogen and oxygen atoms in total. The van der Waals surface area contributed by atoms with Gasteiger partial charge in [-0.2, -0.15) is 26.3 Å². The van der Waals surface area contributed by atoms with Crippen molar-refractivity contribution in [1.29, 1.82) is 0 Å². The summed E-state index contributed by atoms with van der Waals surface area (Å²) in [6, 6.07) is 0. The lowest BCUT2D eigenvalue weighted by Crippen LogP contribution is -2.52. The van der Waals surface area contributed by atoms with Crippen molar-refractivity contribution in [3.8, 4) is 0 Å². The minimum absolute atomic E-state index is 0.0769. The predicted molar refractivity (Wildman–Crippen MR) is 69.1 cm³/mol. The molecular formula is C14H22F6O2. The van der Waals surface area contributed by atoms with E-state index in [9.17, 15) is 31.1 Å². The lowest BCUT2D eigenvalue weighted by molar-refractivity contribution is -0.345. The minimum Gasteiger partial charge on any atom is -0.459 e. The van der Waals surface area contributed by atoms with Crippen LogP contribution in [0.1, 0.15) is 54.4 Å². The first-order valence-electron chi connectivity index (χ1n) is 6.76. The molecule has 0 heterocycles. The van der Waals surface area contributed by atoms with Gasteiger partial charge in [0.05, 0.1) is 5.41 Å². The molecule has 0 aliphatic carbocycles. The standard InChI is InChI=1S/C14H22F6O2/c1-7-10(2,3)9(21)22-11(4,5)8-12(6,13(15,16)17)14(18,19)20/h7-8H2,1-6H3. The monoisotopic (exact) mass is 336 g/mol. The highest BCUT2D eigenvalue weighted by Gasteiger charge is 2.69. The van der Waals surface area contributed by atoms with Gasteiger partial charge in [0, 0.05) is 6.42 Å². The highest BCUT2D eigenvalue weighted by atomic mass is 19.4. The van der Waals surface area contributed by atoms with Gasteiger partial charge in [0.1, 0.15) is 5.60 Å². The first-order valence-corrected chi connectivity index (χ1v) is 6.76. The van der Waals surface area contributed by atoms with E-state index in [-0.39, 0.29) is 6.92 Å². The van der Waals surface area contributed by atoms with Gasteiger partial charge in [0.2, 0.25) is 0 Å². The summed E-state index contributed by atoms with van der Waals surface area (Å²) in [5.41, 5.74) is -6.85. The molecule has 0 aromatic rings. The van der Waals surface area contributed by atoms with Crippen LogP contribution in [0, 0.1) is 10.8 Å². The van der Waals surface area contributed by atoms with Crippen LogP contribution in [0.2, 0.25) is 0 Å². The molecule has 0 rings (SSSR count). The van der Waals surface area contributed by atoms with E-state index >= 15 is 0 Å². The molecule has 0 N–H and O–H groups in total. The molecule has 0 radical (unpaired) electrons. The third kappa shape index (κ3) is 4.52. The zero-order valence-electron chi connectivity index (χ0n) is 13.5. The van der Waals surface area contributed by atoms with Gasteiger partial charge in [-0.3, -0.25) is 4.79 Å². The average Bonchev–Trinajstić information content (AvgIpc) is 2.24. The number of hydrogen-bond donors (Lipinski definition) is 0. The highest BCUT2D eigenvalue weighted by Crippen LogP contribution is 2.54. The summed E-state index contributed by atoms with van der Waals surface area (Å²) in [5, 5.41) is 0. The van der Waals surface area contributed by atoms with E-state index in [1.807, 2.05) is 0 Å². The van der Waals surface area contributed by atoms with Crippen molar-refractivity contribution in [3.63, 3.8) is 0 Å². The maximum atomic E-state index is 12.9. The van der Waals surface area contributed by atoms with Gasteiger partial charge in [0.15, 0.2) is 5.41 Å². The summed E-state index contributed by atoms with van der Waals surface area (Å²) >= 11 is 0. The van der Waals surface area contributed by atoms with Gasteiger partial charge in [-0.25, -0.2) is 0 Å². The van der Waals surface area contributed by atoms with E-state index in [0.29, 0.717) is 6.42 Å². The third-order valence-corrected chi connectivity index (χ3v) is 3.84. The van der Waals surface area contributed by atoms with Crippen LogP contribution in [0.5, 0.6) is 0 Å². The Bertz CT molecular complexity index is 393. The van der Waals surface area contributed by atoms with Crippen LogP contribution in [0.3, 0.4) is 0 Å². The molecule has 0 fully saturated rings. The number of alkyl halides is 6. The van der Waals surface area contributed by atoms with Crippen molar-refractivity contribution in [3.05, 3.63) is 0 Å². The lowest BCUT2D eigenvalue weighted by atomic mass is 9.78. The maximum Gasteiger partial charge on any atom is 0.403 e. The second-order valence-electron chi connectivity index (χ2n) is 6.89. The molecule has 0 aliphatic rings. The Hall–Kier alpha value is -0.950. The quantitative estimate of drug-likeness (QED) is 0.505. The van der Waals surface area contributed by atoms with Crippen LogP contribution in [-0.2, 0) is 9.53 Å². The van der Waals surface area contributed by atoms with E-state index in [1.165, 1.54) is 13.8 Å². The molecular weight excluding hydrogens is 314 g/mol. The number of rotatable bonds is 5. The number of carbonyl (C=O) groups is 1. The van der Waals surface area contributed by atoms with Gasteiger partial charge in [-0.05, 0) is 41.0 Å². The normalized spacial score (nSPS) is 14.9. The molecule has 0 unspecified atom stereocenters. The molecule has 8 heteroatoms. The molecule has 0 saturated heterocycles. The van der Waals surface area contributed by atoms with Crippen LogP contribution in [0.15, 0.2) is 0 Å². The second kappa shape index (κ2) is 5.92. The van der Waals surface area contributed by atoms with E-state index < -0.39 is 41.2 Å². The Kier molecular flexibility index (Phi) is 5.67. The van der Waals surface area contributed by atoms with E-state index in [0.717, 1.165) is 13.8 Å². The van der Waals surface area contributed by atoms with E-state index in [1.54, 1.807) is 6.92 Å². The molecule has 0 aliphatic heterocycles. The maximum absolute atomic E-state index is 12.9. The van der Waals surface area contributed by atoms with Gasteiger partial charge in [-0.15, -0.1) is 0 Å². The van der Waals surface area contributed by atoms with Gasteiger partial charge in [-0.1, -0.05) is 6.92 Å². The fraction of sp³-hybridized carbons (Fsp3) is 0.929. The molecule has 0 bridgehead atoms. The molecule has 0 spiro atoms. The summed E-state index contributed by atoms with van der Waals surface area (Å²) < 4.78 is 82.4. The molecule has 0 amide bonds. The number of carbonyl (C=O) groups excluding carboxylic acids is 1. The smallest absolute Gasteiger partial charge is 0.403 e. The molecule has 0 aromatic carbocycles. The number of halogens is 6. The van der Waals surface area contributed by atoms with Crippen LogP contribution in [0.25, 0.3) is 0 Å². The third-order valence-electron chi connectivity index (χ3n) is 3.84. The highest BCUT2D eigenvalue weighted by molar-refractivity contribution is 5.76. The van der Waals surface area contributed by atoms with Crippen LogP contribution in [0.4, 0.5) is 26.3 Å². The largest absolute Gasteiger partial charge is 0.459 e. The molecule has 0 saturated carbocycles. The lowest BCUT2D eigenvalue weighted by Gasteiger charge is -2.40. The topological polar surface area (TPSA) is 26.3 Å². The molecule has 0 atom stereocenters. The zero-order valence-corrected chi connectivity index (χ0v) is 13.5. The summed E-state index contributed by atoms with van der Waals surface area (Å²) in [4.78, 5) is 11.9. The van der Waals surface area contributed by atoms with Crippen LogP contribution < -0.4 is 0 Å². The number of ether oxygens (including phenoxy) is 1. The summed E-state index contributed by atoms with van der Waals surface area (Å²) in [7, 11) is 0. The zero-order chi connectivity index (χ0) is 18.2.